The highest BCUT2D eigenvalue weighted by atomic mass is 16.6. The van der Waals surface area contributed by atoms with Crippen LogP contribution in [0.15, 0.2) is 36.4 Å². The molecule has 0 aliphatic carbocycles. The topological polar surface area (TPSA) is 133 Å². The summed E-state index contributed by atoms with van der Waals surface area (Å²) in [5.41, 5.74) is -0.853. The number of phenolic OH excluding ortho intramolecular Hbond substituents is 3. The number of nitro groups is 1. The molecule has 108 valence electrons. The molecule has 0 bridgehead atoms. The third kappa shape index (κ3) is 2.84. The lowest BCUT2D eigenvalue weighted by Crippen LogP contribution is -2.13. The third-order valence-electron chi connectivity index (χ3n) is 2.69. The number of hydrogen-bond acceptors (Lipinski definition) is 6. The lowest BCUT2D eigenvalue weighted by atomic mass is 10.1. The minimum Gasteiger partial charge on any atom is -0.505 e. The van der Waals surface area contributed by atoms with E-state index >= 15 is 0 Å². The number of nitrogens with zero attached hydrogens (tertiary/aromatic N) is 1. The maximum Gasteiger partial charge on any atom is 0.296 e. The van der Waals surface area contributed by atoms with Crippen LogP contribution in [0.5, 0.6) is 17.2 Å². The zero-order chi connectivity index (χ0) is 15.6. The van der Waals surface area contributed by atoms with Crippen LogP contribution in [0.2, 0.25) is 0 Å². The van der Waals surface area contributed by atoms with Crippen LogP contribution in [0.1, 0.15) is 10.4 Å². The summed E-state index contributed by atoms with van der Waals surface area (Å²) in [5, 5.41) is 41.2. The van der Waals surface area contributed by atoms with Gasteiger partial charge in [0.15, 0.2) is 17.2 Å². The molecule has 0 saturated carbocycles. The Morgan fingerprint density at radius 3 is 2.38 bits per heavy atom. The summed E-state index contributed by atoms with van der Waals surface area (Å²) in [7, 11) is 0. The van der Waals surface area contributed by atoms with Crippen LogP contribution in [-0.4, -0.2) is 26.2 Å². The summed E-state index contributed by atoms with van der Waals surface area (Å²) in [4.78, 5) is 22.1. The molecule has 0 spiro atoms. The first kappa shape index (κ1) is 14.1. The number of nitro benzene ring substituents is 1. The molecular formula is C13H10N2O6. The van der Waals surface area contributed by atoms with Crippen molar-refractivity contribution in [1.29, 1.82) is 0 Å². The van der Waals surface area contributed by atoms with Crippen molar-refractivity contribution >= 4 is 17.3 Å². The van der Waals surface area contributed by atoms with Crippen LogP contribution >= 0.6 is 0 Å². The molecule has 1 amide bonds. The number of carbonyl (C=O) groups is 1. The number of anilines is 1. The van der Waals surface area contributed by atoms with Gasteiger partial charge in [0.1, 0.15) is 5.75 Å². The zero-order valence-electron chi connectivity index (χ0n) is 10.5. The highest BCUT2D eigenvalue weighted by molar-refractivity contribution is 6.06. The average Bonchev–Trinajstić information content (AvgIpc) is 2.43. The van der Waals surface area contributed by atoms with Crippen molar-refractivity contribution in [3.8, 4) is 17.2 Å². The summed E-state index contributed by atoms with van der Waals surface area (Å²) in [6.07, 6.45) is 0. The van der Waals surface area contributed by atoms with Crippen molar-refractivity contribution in [2.45, 2.75) is 0 Å². The van der Waals surface area contributed by atoms with E-state index in [4.69, 9.17) is 5.11 Å². The molecule has 0 atom stereocenters. The van der Waals surface area contributed by atoms with E-state index in [2.05, 4.69) is 5.32 Å². The highest BCUT2D eigenvalue weighted by Gasteiger charge is 2.20. The van der Waals surface area contributed by atoms with Crippen molar-refractivity contribution in [1.82, 2.24) is 0 Å². The molecule has 2 aromatic rings. The van der Waals surface area contributed by atoms with E-state index in [0.717, 1.165) is 18.2 Å². The van der Waals surface area contributed by atoms with Crippen LogP contribution in [0.4, 0.5) is 11.4 Å². The number of amides is 1. The minimum atomic E-state index is -0.783. The number of aromatic hydroxyl groups is 3. The molecule has 0 radical (unpaired) electrons. The second kappa shape index (κ2) is 5.37. The van der Waals surface area contributed by atoms with E-state index in [-0.39, 0.29) is 11.3 Å². The summed E-state index contributed by atoms with van der Waals surface area (Å²) in [6.45, 7) is 0. The molecule has 0 saturated heterocycles. The lowest BCUT2D eigenvalue weighted by Gasteiger charge is -2.08. The Morgan fingerprint density at radius 2 is 1.76 bits per heavy atom. The van der Waals surface area contributed by atoms with Crippen LogP contribution in [0, 0.1) is 10.1 Å². The standard InChI is InChI=1S/C13H10N2O6/c16-9-5-4-7(6-11(9)18)13(19)14-12-8(15(20)21)2-1-3-10(12)17/h1-6,16-18H,(H,14,19). The lowest BCUT2D eigenvalue weighted by molar-refractivity contribution is -0.384. The van der Waals surface area contributed by atoms with E-state index in [1.54, 1.807) is 0 Å². The highest BCUT2D eigenvalue weighted by Crippen LogP contribution is 2.34. The summed E-state index contributed by atoms with van der Waals surface area (Å²) in [5.74, 6) is -2.15. The number of phenols is 3. The van der Waals surface area contributed by atoms with Gasteiger partial charge in [0, 0.05) is 11.6 Å². The minimum absolute atomic E-state index is 0.0390. The second-order valence-electron chi connectivity index (χ2n) is 4.09. The van der Waals surface area contributed by atoms with Gasteiger partial charge in [-0.25, -0.2) is 0 Å². The fraction of sp³-hybridized carbons (Fsp3) is 0. The third-order valence-corrected chi connectivity index (χ3v) is 2.69. The van der Waals surface area contributed by atoms with Gasteiger partial charge < -0.3 is 20.6 Å². The SMILES string of the molecule is O=C(Nc1c(O)cccc1[N+](=O)[O-])c1ccc(O)c(O)c1. The molecule has 8 heteroatoms. The molecule has 0 heterocycles. The normalized spacial score (nSPS) is 10.1. The zero-order valence-corrected chi connectivity index (χ0v) is 10.5. The number of nitrogens with one attached hydrogen (secondary N) is 1. The predicted molar refractivity (Wildman–Crippen MR) is 72.5 cm³/mol. The van der Waals surface area contributed by atoms with Gasteiger partial charge in [-0.3, -0.25) is 14.9 Å². The largest absolute Gasteiger partial charge is 0.505 e. The quantitative estimate of drug-likeness (QED) is 0.388. The van der Waals surface area contributed by atoms with Crippen molar-refractivity contribution in [2.24, 2.45) is 0 Å². The maximum atomic E-state index is 12.0. The molecular weight excluding hydrogens is 280 g/mol. The second-order valence-corrected chi connectivity index (χ2v) is 4.09. The van der Waals surface area contributed by atoms with E-state index in [1.807, 2.05) is 0 Å². The monoisotopic (exact) mass is 290 g/mol. The molecule has 0 fully saturated rings. The maximum absolute atomic E-state index is 12.0. The Labute approximate surface area is 118 Å². The van der Waals surface area contributed by atoms with E-state index in [1.165, 1.54) is 18.2 Å². The smallest absolute Gasteiger partial charge is 0.296 e. The van der Waals surface area contributed by atoms with Crippen LogP contribution in [-0.2, 0) is 0 Å². The summed E-state index contributed by atoms with van der Waals surface area (Å²) >= 11 is 0. The molecule has 0 aliphatic heterocycles. The first-order chi connectivity index (χ1) is 9.90. The van der Waals surface area contributed by atoms with Crippen LogP contribution in [0.25, 0.3) is 0 Å². The Kier molecular flexibility index (Phi) is 3.61. The van der Waals surface area contributed by atoms with Crippen molar-refractivity contribution in [3.05, 3.63) is 52.1 Å². The fourth-order valence-electron chi connectivity index (χ4n) is 1.66. The first-order valence-electron chi connectivity index (χ1n) is 5.70. The Balaban J connectivity index is 2.36. The Bertz CT molecular complexity index is 729. The van der Waals surface area contributed by atoms with E-state index in [0.29, 0.717) is 0 Å². The van der Waals surface area contributed by atoms with Gasteiger partial charge in [0.05, 0.1) is 4.92 Å². The Morgan fingerprint density at radius 1 is 1.05 bits per heavy atom. The molecule has 0 aliphatic rings. The van der Waals surface area contributed by atoms with Crippen LogP contribution < -0.4 is 5.32 Å². The fourth-order valence-corrected chi connectivity index (χ4v) is 1.66. The number of hydrogen-bond donors (Lipinski definition) is 4. The van der Waals surface area contributed by atoms with Gasteiger partial charge >= 0.3 is 0 Å². The number of carbonyl (C=O) groups excluding carboxylic acids is 1. The van der Waals surface area contributed by atoms with Crippen molar-refractivity contribution in [2.75, 3.05) is 5.32 Å². The molecule has 2 rings (SSSR count). The van der Waals surface area contributed by atoms with E-state index in [9.17, 15) is 25.1 Å². The van der Waals surface area contributed by atoms with Gasteiger partial charge in [-0.1, -0.05) is 6.07 Å². The number of para-hydroxylation sites is 1. The van der Waals surface area contributed by atoms with Crippen LogP contribution in [0.3, 0.4) is 0 Å². The van der Waals surface area contributed by atoms with Gasteiger partial charge in [0.25, 0.3) is 11.6 Å². The molecule has 0 unspecified atom stereocenters. The van der Waals surface area contributed by atoms with Gasteiger partial charge in [-0.05, 0) is 24.3 Å². The van der Waals surface area contributed by atoms with E-state index < -0.39 is 33.8 Å². The van der Waals surface area contributed by atoms with Gasteiger partial charge in [-0.2, -0.15) is 0 Å². The molecule has 0 aromatic heterocycles. The number of rotatable bonds is 3. The average molecular weight is 290 g/mol. The molecule has 8 nitrogen and oxygen atoms in total. The van der Waals surface area contributed by atoms with Crippen molar-refractivity contribution < 1.29 is 25.0 Å². The van der Waals surface area contributed by atoms with Gasteiger partial charge in [-0.15, -0.1) is 0 Å². The molecule has 2 aromatic carbocycles. The predicted octanol–water partition coefficient (Wildman–Crippen LogP) is 1.96. The summed E-state index contributed by atoms with van der Waals surface area (Å²) in [6, 6.07) is 6.91. The first-order valence-corrected chi connectivity index (χ1v) is 5.70. The molecule has 4 N–H and O–H groups in total. The van der Waals surface area contributed by atoms with Crippen molar-refractivity contribution in [3.63, 3.8) is 0 Å². The Hall–Kier alpha value is -3.29. The summed E-state index contributed by atoms with van der Waals surface area (Å²) < 4.78 is 0. The number of benzene rings is 2. The van der Waals surface area contributed by atoms with Gasteiger partial charge in [0.2, 0.25) is 0 Å². The molecule has 21 heavy (non-hydrogen) atoms.